The standard InChI is InChI=1S/C25H21FN2O2/c1-15-5-4-6-20(14-15)28-24(29)22(18-8-10-19(26)11-9-18)23(25(28)30)27-21-12-7-16(2)13-17(21)3/h4-14,27H,1-3H3. The van der Waals surface area contributed by atoms with Crippen molar-refractivity contribution in [2.45, 2.75) is 20.8 Å². The Bertz CT molecular complexity index is 1200. The second kappa shape index (κ2) is 7.59. The van der Waals surface area contributed by atoms with E-state index in [1.165, 1.54) is 24.3 Å². The molecule has 3 aromatic rings. The van der Waals surface area contributed by atoms with Crippen LogP contribution in [0.5, 0.6) is 0 Å². The molecule has 0 saturated heterocycles. The monoisotopic (exact) mass is 400 g/mol. The number of amides is 2. The summed E-state index contributed by atoms with van der Waals surface area (Å²) in [5.41, 5.74) is 5.12. The summed E-state index contributed by atoms with van der Waals surface area (Å²) < 4.78 is 13.5. The average molecular weight is 400 g/mol. The van der Waals surface area contributed by atoms with Gasteiger partial charge in [-0.05, 0) is 67.8 Å². The van der Waals surface area contributed by atoms with Gasteiger partial charge in [0.15, 0.2) is 0 Å². The van der Waals surface area contributed by atoms with Crippen LogP contribution in [0.2, 0.25) is 0 Å². The van der Waals surface area contributed by atoms with E-state index in [9.17, 15) is 14.0 Å². The van der Waals surface area contributed by atoms with Gasteiger partial charge in [-0.3, -0.25) is 9.59 Å². The molecule has 0 bridgehead atoms. The lowest BCUT2D eigenvalue weighted by Crippen LogP contribution is -2.32. The third-order valence-corrected chi connectivity index (χ3v) is 5.12. The molecular weight excluding hydrogens is 379 g/mol. The van der Waals surface area contributed by atoms with Crippen molar-refractivity contribution >= 4 is 28.8 Å². The zero-order chi connectivity index (χ0) is 21.4. The predicted molar refractivity (Wildman–Crippen MR) is 117 cm³/mol. The van der Waals surface area contributed by atoms with Crippen LogP contribution in [0.4, 0.5) is 15.8 Å². The summed E-state index contributed by atoms with van der Waals surface area (Å²) >= 11 is 0. The van der Waals surface area contributed by atoms with Gasteiger partial charge in [0, 0.05) is 5.69 Å². The topological polar surface area (TPSA) is 49.4 Å². The average Bonchev–Trinajstić information content (AvgIpc) is 2.94. The minimum Gasteiger partial charge on any atom is -0.350 e. The number of rotatable bonds is 4. The molecule has 5 heteroatoms. The smallest absolute Gasteiger partial charge is 0.282 e. The van der Waals surface area contributed by atoms with E-state index in [1.54, 1.807) is 18.2 Å². The maximum Gasteiger partial charge on any atom is 0.282 e. The second-order valence-electron chi connectivity index (χ2n) is 7.48. The van der Waals surface area contributed by atoms with Crippen molar-refractivity contribution < 1.29 is 14.0 Å². The molecule has 0 aliphatic carbocycles. The van der Waals surface area contributed by atoms with Gasteiger partial charge in [-0.2, -0.15) is 0 Å². The fraction of sp³-hybridized carbons (Fsp3) is 0.120. The van der Waals surface area contributed by atoms with Crippen molar-refractivity contribution in [1.29, 1.82) is 0 Å². The molecule has 1 heterocycles. The van der Waals surface area contributed by atoms with Crippen molar-refractivity contribution in [3.8, 4) is 0 Å². The van der Waals surface area contributed by atoms with Crippen LogP contribution in [0, 0.1) is 26.6 Å². The Morgan fingerprint density at radius 3 is 2.17 bits per heavy atom. The third kappa shape index (κ3) is 3.50. The molecule has 4 nitrogen and oxygen atoms in total. The highest BCUT2D eigenvalue weighted by Gasteiger charge is 2.40. The van der Waals surface area contributed by atoms with E-state index in [2.05, 4.69) is 5.32 Å². The Balaban J connectivity index is 1.84. The van der Waals surface area contributed by atoms with Gasteiger partial charge in [0.25, 0.3) is 11.8 Å². The zero-order valence-corrected chi connectivity index (χ0v) is 17.0. The molecule has 0 atom stereocenters. The minimum atomic E-state index is -0.440. The van der Waals surface area contributed by atoms with Crippen LogP contribution in [0.15, 0.2) is 72.4 Å². The highest BCUT2D eigenvalue weighted by molar-refractivity contribution is 6.46. The maximum absolute atomic E-state index is 13.5. The molecule has 0 unspecified atom stereocenters. The number of nitrogens with zero attached hydrogens (tertiary/aromatic N) is 1. The molecule has 150 valence electrons. The minimum absolute atomic E-state index is 0.181. The first-order chi connectivity index (χ1) is 14.3. The van der Waals surface area contributed by atoms with Gasteiger partial charge in [0.05, 0.1) is 11.3 Å². The third-order valence-electron chi connectivity index (χ3n) is 5.12. The molecule has 4 rings (SSSR count). The number of aryl methyl sites for hydroxylation is 3. The summed E-state index contributed by atoms with van der Waals surface area (Å²) in [5, 5.41) is 3.17. The second-order valence-corrected chi connectivity index (χ2v) is 7.48. The highest BCUT2D eigenvalue weighted by Crippen LogP contribution is 2.34. The summed E-state index contributed by atoms with van der Waals surface area (Å²) in [6, 6.07) is 18.6. The van der Waals surface area contributed by atoms with Gasteiger partial charge in [-0.1, -0.05) is 42.0 Å². The van der Waals surface area contributed by atoms with E-state index in [4.69, 9.17) is 0 Å². The number of hydrogen-bond acceptors (Lipinski definition) is 3. The highest BCUT2D eigenvalue weighted by atomic mass is 19.1. The van der Waals surface area contributed by atoms with Gasteiger partial charge in [-0.15, -0.1) is 0 Å². The van der Waals surface area contributed by atoms with Crippen molar-refractivity contribution in [2.75, 3.05) is 10.2 Å². The fourth-order valence-electron chi connectivity index (χ4n) is 3.62. The molecule has 2 amide bonds. The molecular formula is C25H21FN2O2. The Labute approximate surface area is 174 Å². The van der Waals surface area contributed by atoms with E-state index < -0.39 is 17.6 Å². The Kier molecular flexibility index (Phi) is 4.96. The van der Waals surface area contributed by atoms with Crippen LogP contribution in [0.3, 0.4) is 0 Å². The lowest BCUT2D eigenvalue weighted by atomic mass is 10.0. The number of imide groups is 1. The molecule has 1 aliphatic rings. The van der Waals surface area contributed by atoms with Crippen molar-refractivity contribution in [3.05, 3.63) is 100 Å². The van der Waals surface area contributed by atoms with Crippen molar-refractivity contribution in [2.24, 2.45) is 0 Å². The van der Waals surface area contributed by atoms with Crippen LogP contribution in [0.1, 0.15) is 22.3 Å². The number of halogens is 1. The van der Waals surface area contributed by atoms with E-state index in [0.717, 1.165) is 27.3 Å². The maximum atomic E-state index is 13.5. The molecule has 1 aliphatic heterocycles. The lowest BCUT2D eigenvalue weighted by Gasteiger charge is -2.16. The fourth-order valence-corrected chi connectivity index (χ4v) is 3.62. The van der Waals surface area contributed by atoms with Crippen LogP contribution in [-0.4, -0.2) is 11.8 Å². The number of carbonyl (C=O) groups excluding carboxylic acids is 2. The molecule has 0 aromatic heterocycles. The summed E-state index contributed by atoms with van der Waals surface area (Å²) in [4.78, 5) is 27.9. The summed E-state index contributed by atoms with van der Waals surface area (Å²) in [5.74, 6) is -1.29. The number of carbonyl (C=O) groups is 2. The van der Waals surface area contributed by atoms with Gasteiger partial charge >= 0.3 is 0 Å². The van der Waals surface area contributed by atoms with Gasteiger partial charge in [-0.25, -0.2) is 9.29 Å². The predicted octanol–water partition coefficient (Wildman–Crippen LogP) is 5.15. The first kappa shape index (κ1) is 19.6. The number of benzene rings is 3. The Morgan fingerprint density at radius 1 is 0.800 bits per heavy atom. The number of hydrogen-bond donors (Lipinski definition) is 1. The van der Waals surface area contributed by atoms with E-state index in [-0.39, 0.29) is 11.3 Å². The SMILES string of the molecule is Cc1cccc(N2C(=O)C(Nc3ccc(C)cc3C)=C(c3ccc(F)cc3)C2=O)c1. The summed E-state index contributed by atoms with van der Waals surface area (Å²) in [6.07, 6.45) is 0. The first-order valence-corrected chi connectivity index (χ1v) is 9.65. The van der Waals surface area contributed by atoms with E-state index in [0.29, 0.717) is 11.3 Å². The van der Waals surface area contributed by atoms with E-state index >= 15 is 0 Å². The molecule has 3 aromatic carbocycles. The quantitative estimate of drug-likeness (QED) is 0.617. The Morgan fingerprint density at radius 2 is 1.50 bits per heavy atom. The van der Waals surface area contributed by atoms with Gasteiger partial charge in [0.2, 0.25) is 0 Å². The molecule has 1 N–H and O–H groups in total. The molecule has 0 saturated carbocycles. The van der Waals surface area contributed by atoms with Crippen molar-refractivity contribution in [3.63, 3.8) is 0 Å². The number of anilines is 2. The van der Waals surface area contributed by atoms with Crippen LogP contribution >= 0.6 is 0 Å². The van der Waals surface area contributed by atoms with Crippen LogP contribution < -0.4 is 10.2 Å². The zero-order valence-electron chi connectivity index (χ0n) is 17.0. The Hall–Kier alpha value is -3.73. The normalized spacial score (nSPS) is 13.9. The largest absolute Gasteiger partial charge is 0.350 e. The van der Waals surface area contributed by atoms with Crippen LogP contribution in [0.25, 0.3) is 5.57 Å². The molecule has 30 heavy (non-hydrogen) atoms. The van der Waals surface area contributed by atoms with Crippen molar-refractivity contribution in [1.82, 2.24) is 0 Å². The van der Waals surface area contributed by atoms with Gasteiger partial charge < -0.3 is 5.32 Å². The molecule has 0 spiro atoms. The summed E-state index contributed by atoms with van der Waals surface area (Å²) in [6.45, 7) is 5.83. The lowest BCUT2D eigenvalue weighted by molar-refractivity contribution is -0.120. The van der Waals surface area contributed by atoms with Crippen LogP contribution in [-0.2, 0) is 9.59 Å². The first-order valence-electron chi connectivity index (χ1n) is 9.65. The molecule has 0 radical (unpaired) electrons. The summed E-state index contributed by atoms with van der Waals surface area (Å²) in [7, 11) is 0. The van der Waals surface area contributed by atoms with Gasteiger partial charge in [0.1, 0.15) is 11.5 Å². The van der Waals surface area contributed by atoms with E-state index in [1.807, 2.05) is 45.0 Å². The number of nitrogens with one attached hydrogen (secondary N) is 1. The molecule has 0 fully saturated rings.